The van der Waals surface area contributed by atoms with Gasteiger partial charge in [-0.3, -0.25) is 9.88 Å². The molecule has 1 fully saturated rings. The van der Waals surface area contributed by atoms with E-state index in [0.29, 0.717) is 0 Å². The average Bonchev–Trinajstić information content (AvgIpc) is 2.23. The molecule has 0 spiro atoms. The first kappa shape index (κ1) is 9.62. The van der Waals surface area contributed by atoms with Crippen LogP contribution in [0.1, 0.15) is 5.56 Å². The summed E-state index contributed by atoms with van der Waals surface area (Å²) in [5, 5.41) is 0. The summed E-state index contributed by atoms with van der Waals surface area (Å²) in [6.07, 6.45) is 4.68. The van der Waals surface area contributed by atoms with Crippen LogP contribution < -0.4 is 0 Å². The van der Waals surface area contributed by atoms with Gasteiger partial charge in [-0.15, -0.1) is 0 Å². The molecule has 0 saturated carbocycles. The molecular formula is C11H16N3. The number of rotatable bonds is 2. The number of piperazine rings is 1. The second-order valence-corrected chi connectivity index (χ2v) is 3.87. The Morgan fingerprint density at radius 3 is 2.79 bits per heavy atom. The van der Waals surface area contributed by atoms with Crippen molar-refractivity contribution in [3.63, 3.8) is 0 Å². The predicted molar refractivity (Wildman–Crippen MR) is 55.8 cm³/mol. The SMILES string of the molecule is CN1CCN(Cc2c[c]ncc2)CC1. The third kappa shape index (κ3) is 2.53. The Morgan fingerprint density at radius 1 is 1.36 bits per heavy atom. The second-order valence-electron chi connectivity index (χ2n) is 3.87. The lowest BCUT2D eigenvalue weighted by atomic mass is 10.2. The normalized spacial score (nSPS) is 19.8. The molecule has 1 aliphatic heterocycles. The maximum absolute atomic E-state index is 3.90. The van der Waals surface area contributed by atoms with E-state index in [1.807, 2.05) is 12.3 Å². The summed E-state index contributed by atoms with van der Waals surface area (Å²) >= 11 is 0. The topological polar surface area (TPSA) is 19.4 Å². The lowest BCUT2D eigenvalue weighted by Gasteiger charge is -2.32. The molecule has 3 heteroatoms. The number of pyridine rings is 1. The van der Waals surface area contributed by atoms with Crippen molar-refractivity contribution in [3.05, 3.63) is 30.1 Å². The van der Waals surface area contributed by atoms with Crippen LogP contribution in [-0.2, 0) is 6.54 Å². The summed E-state index contributed by atoms with van der Waals surface area (Å²) in [5.41, 5.74) is 1.31. The van der Waals surface area contributed by atoms with Gasteiger partial charge in [-0.25, -0.2) is 0 Å². The van der Waals surface area contributed by atoms with Gasteiger partial charge in [0.25, 0.3) is 0 Å². The van der Waals surface area contributed by atoms with Crippen LogP contribution >= 0.6 is 0 Å². The van der Waals surface area contributed by atoms with E-state index in [2.05, 4.69) is 34.1 Å². The Labute approximate surface area is 85.4 Å². The summed E-state index contributed by atoms with van der Waals surface area (Å²) in [4.78, 5) is 8.74. The molecule has 3 nitrogen and oxygen atoms in total. The van der Waals surface area contributed by atoms with Crippen LogP contribution in [0.5, 0.6) is 0 Å². The Kier molecular flexibility index (Phi) is 3.11. The number of aromatic nitrogens is 1. The second kappa shape index (κ2) is 4.53. The Hall–Kier alpha value is -0.930. The first-order valence-electron chi connectivity index (χ1n) is 5.06. The molecule has 2 heterocycles. The van der Waals surface area contributed by atoms with Crippen molar-refractivity contribution < 1.29 is 0 Å². The molecule has 0 atom stereocenters. The number of nitrogens with zero attached hydrogens (tertiary/aromatic N) is 3. The van der Waals surface area contributed by atoms with Gasteiger partial charge >= 0.3 is 0 Å². The fourth-order valence-electron chi connectivity index (χ4n) is 1.71. The summed E-state index contributed by atoms with van der Waals surface area (Å²) < 4.78 is 0. The van der Waals surface area contributed by atoms with Gasteiger partial charge in [-0.1, -0.05) is 0 Å². The summed E-state index contributed by atoms with van der Waals surface area (Å²) in [6.45, 7) is 5.72. The van der Waals surface area contributed by atoms with Gasteiger partial charge in [0, 0.05) is 38.9 Å². The van der Waals surface area contributed by atoms with E-state index in [-0.39, 0.29) is 0 Å². The van der Waals surface area contributed by atoms with Crippen molar-refractivity contribution in [2.24, 2.45) is 0 Å². The van der Waals surface area contributed by atoms with Gasteiger partial charge in [0.15, 0.2) is 0 Å². The van der Waals surface area contributed by atoms with Crippen molar-refractivity contribution in [1.29, 1.82) is 0 Å². The first-order valence-corrected chi connectivity index (χ1v) is 5.06. The molecule has 2 rings (SSSR count). The molecule has 0 unspecified atom stereocenters. The molecule has 0 N–H and O–H groups in total. The third-order valence-corrected chi connectivity index (χ3v) is 2.69. The van der Waals surface area contributed by atoms with Gasteiger partial charge in [0.2, 0.25) is 0 Å². The minimum Gasteiger partial charge on any atom is -0.304 e. The van der Waals surface area contributed by atoms with E-state index in [1.54, 1.807) is 0 Å². The molecule has 14 heavy (non-hydrogen) atoms. The van der Waals surface area contributed by atoms with Crippen molar-refractivity contribution in [1.82, 2.24) is 14.8 Å². The van der Waals surface area contributed by atoms with E-state index < -0.39 is 0 Å². The first-order chi connectivity index (χ1) is 6.84. The highest BCUT2D eigenvalue weighted by atomic mass is 15.2. The maximum Gasteiger partial charge on any atom is 0.0889 e. The average molecular weight is 190 g/mol. The number of likely N-dealkylation sites (N-methyl/N-ethyl adjacent to an activating group) is 1. The molecule has 1 aromatic rings. The van der Waals surface area contributed by atoms with E-state index in [4.69, 9.17) is 0 Å². The van der Waals surface area contributed by atoms with Gasteiger partial charge in [-0.05, 0) is 24.7 Å². The Balaban J connectivity index is 1.87. The Morgan fingerprint density at radius 2 is 2.14 bits per heavy atom. The standard InChI is InChI=1S/C11H16N3/c1-13-6-8-14(9-7-13)10-11-2-4-12-5-3-11/h2-4H,6-10H2,1H3. The highest BCUT2D eigenvalue weighted by molar-refractivity contribution is 5.08. The predicted octanol–water partition coefficient (Wildman–Crippen LogP) is 0.629. The van der Waals surface area contributed by atoms with Gasteiger partial charge in [0.1, 0.15) is 0 Å². The molecule has 0 aliphatic carbocycles. The largest absolute Gasteiger partial charge is 0.304 e. The van der Waals surface area contributed by atoms with Crippen LogP contribution in [-0.4, -0.2) is 48.0 Å². The van der Waals surface area contributed by atoms with Gasteiger partial charge in [0.05, 0.1) is 6.20 Å². The summed E-state index contributed by atoms with van der Waals surface area (Å²) in [5.74, 6) is 0. The molecule has 75 valence electrons. The lowest BCUT2D eigenvalue weighted by Crippen LogP contribution is -2.43. The van der Waals surface area contributed by atoms with Crippen molar-refractivity contribution >= 4 is 0 Å². The third-order valence-electron chi connectivity index (χ3n) is 2.69. The monoisotopic (exact) mass is 190 g/mol. The molecule has 0 aromatic carbocycles. The smallest absolute Gasteiger partial charge is 0.0889 e. The van der Waals surface area contributed by atoms with Crippen LogP contribution in [0.4, 0.5) is 0 Å². The summed E-state index contributed by atoms with van der Waals surface area (Å²) in [7, 11) is 2.18. The lowest BCUT2D eigenvalue weighted by molar-refractivity contribution is 0.148. The van der Waals surface area contributed by atoms with Crippen molar-refractivity contribution in [3.8, 4) is 0 Å². The zero-order valence-electron chi connectivity index (χ0n) is 8.61. The number of hydrogen-bond donors (Lipinski definition) is 0. The molecular weight excluding hydrogens is 174 g/mol. The zero-order chi connectivity index (χ0) is 9.80. The van der Waals surface area contributed by atoms with Gasteiger partial charge < -0.3 is 4.90 Å². The molecule has 1 radical (unpaired) electrons. The molecule has 1 aliphatic rings. The fourth-order valence-corrected chi connectivity index (χ4v) is 1.71. The number of hydrogen-bond acceptors (Lipinski definition) is 3. The minimum absolute atomic E-state index is 1.03. The highest BCUT2D eigenvalue weighted by Crippen LogP contribution is 2.05. The minimum atomic E-state index is 1.03. The van der Waals surface area contributed by atoms with Crippen molar-refractivity contribution in [2.75, 3.05) is 33.2 Å². The fraction of sp³-hybridized carbons (Fsp3) is 0.545. The van der Waals surface area contributed by atoms with E-state index in [0.717, 1.165) is 6.54 Å². The quantitative estimate of drug-likeness (QED) is 0.682. The van der Waals surface area contributed by atoms with Gasteiger partial charge in [-0.2, -0.15) is 0 Å². The van der Waals surface area contributed by atoms with Crippen LogP contribution in [0.15, 0.2) is 18.3 Å². The molecule has 0 bridgehead atoms. The summed E-state index contributed by atoms with van der Waals surface area (Å²) in [6, 6.07) is 4.03. The Bertz CT molecular complexity index is 265. The van der Waals surface area contributed by atoms with Crippen LogP contribution in [0.2, 0.25) is 0 Å². The van der Waals surface area contributed by atoms with E-state index in [9.17, 15) is 0 Å². The maximum atomic E-state index is 3.90. The zero-order valence-corrected chi connectivity index (χ0v) is 8.61. The molecule has 1 saturated heterocycles. The van der Waals surface area contributed by atoms with Crippen molar-refractivity contribution in [2.45, 2.75) is 6.54 Å². The van der Waals surface area contributed by atoms with E-state index in [1.165, 1.54) is 31.7 Å². The van der Waals surface area contributed by atoms with E-state index >= 15 is 0 Å². The van der Waals surface area contributed by atoms with Crippen LogP contribution in [0.3, 0.4) is 0 Å². The van der Waals surface area contributed by atoms with Crippen LogP contribution in [0.25, 0.3) is 0 Å². The molecule has 1 aromatic heterocycles. The highest BCUT2D eigenvalue weighted by Gasteiger charge is 2.13. The van der Waals surface area contributed by atoms with Crippen LogP contribution in [0, 0.1) is 6.20 Å². The molecule has 0 amide bonds.